The van der Waals surface area contributed by atoms with Crippen molar-refractivity contribution in [3.8, 4) is 0 Å². The van der Waals surface area contributed by atoms with Crippen molar-refractivity contribution < 1.29 is 4.21 Å². The quantitative estimate of drug-likeness (QED) is 0.665. The molecule has 0 aliphatic rings. The minimum atomic E-state index is -2.58. The van der Waals surface area contributed by atoms with Gasteiger partial charge in [-0.1, -0.05) is 11.6 Å². The first-order valence-corrected chi connectivity index (χ1v) is 5.07. The minimum absolute atomic E-state index is 0.516. The average molecular weight is 190 g/mol. The van der Waals surface area contributed by atoms with E-state index in [0.717, 1.165) is 0 Å². The summed E-state index contributed by atoms with van der Waals surface area (Å²) in [6, 6.07) is 6.48. The first-order valence-electron chi connectivity index (χ1n) is 2.91. The molecule has 0 aliphatic heterocycles. The highest BCUT2D eigenvalue weighted by Crippen LogP contribution is 2.11. The van der Waals surface area contributed by atoms with Crippen molar-refractivity contribution >= 4 is 27.2 Å². The molecule has 0 aromatic heterocycles. The largest absolute Gasteiger partial charge is 0.256 e. The molecule has 2 N–H and O–H groups in total. The minimum Gasteiger partial charge on any atom is -0.256 e. The van der Waals surface area contributed by atoms with Crippen LogP contribution >= 0.6 is 11.6 Å². The molecule has 1 unspecified atom stereocenters. The second kappa shape index (κ2) is 2.85. The van der Waals surface area contributed by atoms with Gasteiger partial charge in [-0.3, -0.25) is 5.14 Å². The molecule has 11 heavy (non-hydrogen) atoms. The second-order valence-electron chi connectivity index (χ2n) is 2.18. The van der Waals surface area contributed by atoms with Gasteiger partial charge in [0.05, 0.1) is 9.71 Å². The molecule has 0 fully saturated rings. The normalized spacial score (nSPS) is 15.8. The highest BCUT2D eigenvalue weighted by Gasteiger charge is 1.98. The third kappa shape index (κ3) is 2.22. The third-order valence-electron chi connectivity index (χ3n) is 1.21. The van der Waals surface area contributed by atoms with Crippen LogP contribution in [0.5, 0.6) is 0 Å². The van der Waals surface area contributed by atoms with Gasteiger partial charge in [-0.25, -0.2) is 4.21 Å². The summed E-state index contributed by atoms with van der Waals surface area (Å²) in [6.07, 6.45) is 0. The van der Waals surface area contributed by atoms with Gasteiger partial charge in [0, 0.05) is 9.92 Å². The Morgan fingerprint density at radius 1 is 1.36 bits per heavy atom. The summed E-state index contributed by atoms with van der Waals surface area (Å²) in [6.45, 7) is 0. The van der Waals surface area contributed by atoms with Crippen LogP contribution in [0.4, 0.5) is 0 Å². The summed E-state index contributed by atoms with van der Waals surface area (Å²) in [5.41, 5.74) is 0. The van der Waals surface area contributed by atoms with E-state index in [0.29, 0.717) is 9.92 Å². The van der Waals surface area contributed by atoms with Crippen LogP contribution in [0, 0.1) is 0 Å². The summed E-state index contributed by atoms with van der Waals surface area (Å²) < 4.78 is 11.1. The molecule has 0 amide bonds. The molecule has 0 spiro atoms. The Labute approximate surface area is 71.1 Å². The summed E-state index contributed by atoms with van der Waals surface area (Å²) in [5, 5.41) is 5.88. The van der Waals surface area contributed by atoms with Gasteiger partial charge >= 0.3 is 0 Å². The molecular weight excluding hydrogens is 182 g/mol. The van der Waals surface area contributed by atoms with Gasteiger partial charge in [0.1, 0.15) is 0 Å². The van der Waals surface area contributed by atoms with E-state index in [1.54, 1.807) is 24.3 Å². The zero-order valence-electron chi connectivity index (χ0n) is 5.79. The van der Waals surface area contributed by atoms with Gasteiger partial charge in [-0.15, -0.1) is 0 Å². The van der Waals surface area contributed by atoms with E-state index >= 15 is 0 Å². The molecule has 0 saturated heterocycles. The van der Waals surface area contributed by atoms with Crippen molar-refractivity contribution in [1.82, 2.24) is 0 Å². The molecular formula is C7H8ClNOS. The number of halogens is 1. The van der Waals surface area contributed by atoms with Gasteiger partial charge < -0.3 is 0 Å². The molecule has 0 bridgehead atoms. The molecule has 60 valence electrons. The number of hydrogen-bond donors (Lipinski definition) is 1. The lowest BCUT2D eigenvalue weighted by molar-refractivity contribution is 0.682. The van der Waals surface area contributed by atoms with Crippen LogP contribution in [-0.4, -0.2) is 10.1 Å². The molecule has 1 rings (SSSR count). The summed E-state index contributed by atoms with van der Waals surface area (Å²) in [7, 11) is -2.58. The van der Waals surface area contributed by atoms with Gasteiger partial charge in [0.15, 0.2) is 0 Å². The number of rotatable bonds is 1. The predicted molar refractivity (Wildman–Crippen MR) is 49.2 cm³/mol. The van der Waals surface area contributed by atoms with Gasteiger partial charge in [-0.2, -0.15) is 0 Å². The van der Waals surface area contributed by atoms with Crippen molar-refractivity contribution in [2.45, 2.75) is 4.90 Å². The van der Waals surface area contributed by atoms with Crippen molar-refractivity contribution in [3.63, 3.8) is 0 Å². The lowest BCUT2D eigenvalue weighted by Crippen LogP contribution is -2.11. The average Bonchev–Trinajstić information content (AvgIpc) is 1.86. The Hall–Kier alpha value is -0.510. The highest BCUT2D eigenvalue weighted by molar-refractivity contribution is 7.98. The Bertz CT molecular complexity index is 341. The van der Waals surface area contributed by atoms with E-state index in [4.69, 9.17) is 16.7 Å². The Balaban J connectivity index is 3.20. The maximum Gasteiger partial charge on any atom is 0.0507 e. The molecule has 4 heteroatoms. The lowest BCUT2D eigenvalue weighted by Gasteiger charge is -2.00. The Morgan fingerprint density at radius 3 is 2.18 bits per heavy atom. The molecule has 0 aliphatic carbocycles. The first kappa shape index (κ1) is 8.59. The highest BCUT2D eigenvalue weighted by atomic mass is 35.5. The van der Waals surface area contributed by atoms with E-state index in [-0.39, 0.29) is 0 Å². The first-order chi connectivity index (χ1) is 5.00. The number of hydrogen-bond acceptors (Lipinski definition) is 1. The SMILES string of the molecule is C=S(N)(=O)c1ccc(Cl)cc1. The summed E-state index contributed by atoms with van der Waals surface area (Å²) >= 11 is 5.61. The Morgan fingerprint density at radius 2 is 1.82 bits per heavy atom. The monoisotopic (exact) mass is 189 g/mol. The molecule has 2 nitrogen and oxygen atoms in total. The molecule has 1 aromatic rings. The van der Waals surface area contributed by atoms with Crippen molar-refractivity contribution in [2.75, 3.05) is 0 Å². The number of nitrogens with two attached hydrogens (primary N) is 1. The summed E-state index contributed by atoms with van der Waals surface area (Å²) in [4.78, 5) is 0.516. The third-order valence-corrected chi connectivity index (χ3v) is 2.53. The second-order valence-corrected chi connectivity index (χ2v) is 4.54. The standard InChI is InChI=1S/C7H8ClNOS/c1-11(9,10)7-4-2-6(8)3-5-7/h2-5H,1H2,(H2,9,10). The van der Waals surface area contributed by atoms with Crippen LogP contribution in [0.25, 0.3) is 0 Å². The molecule has 0 radical (unpaired) electrons. The summed E-state index contributed by atoms with van der Waals surface area (Å²) in [5.74, 6) is 3.33. The van der Waals surface area contributed by atoms with Crippen molar-refractivity contribution in [1.29, 1.82) is 0 Å². The maximum atomic E-state index is 11.1. The topological polar surface area (TPSA) is 43.1 Å². The fourth-order valence-electron chi connectivity index (χ4n) is 0.665. The molecule has 0 saturated carbocycles. The smallest absolute Gasteiger partial charge is 0.0507 e. The van der Waals surface area contributed by atoms with Crippen LogP contribution in [0.2, 0.25) is 5.02 Å². The van der Waals surface area contributed by atoms with Gasteiger partial charge in [0.25, 0.3) is 0 Å². The van der Waals surface area contributed by atoms with E-state index in [9.17, 15) is 4.21 Å². The zero-order valence-corrected chi connectivity index (χ0v) is 7.36. The van der Waals surface area contributed by atoms with E-state index in [1.165, 1.54) is 0 Å². The van der Waals surface area contributed by atoms with E-state index in [1.807, 2.05) is 0 Å². The van der Waals surface area contributed by atoms with Gasteiger partial charge in [-0.05, 0) is 30.1 Å². The predicted octanol–water partition coefficient (Wildman–Crippen LogP) is 1.29. The lowest BCUT2D eigenvalue weighted by atomic mass is 10.4. The van der Waals surface area contributed by atoms with E-state index in [2.05, 4.69) is 5.87 Å². The fraction of sp³-hybridized carbons (Fsp3) is 0. The maximum absolute atomic E-state index is 11.1. The van der Waals surface area contributed by atoms with Crippen LogP contribution in [-0.2, 0) is 9.71 Å². The van der Waals surface area contributed by atoms with E-state index < -0.39 is 9.71 Å². The fourth-order valence-corrected chi connectivity index (χ4v) is 1.39. The van der Waals surface area contributed by atoms with Crippen LogP contribution in [0.3, 0.4) is 0 Å². The van der Waals surface area contributed by atoms with Crippen LogP contribution in [0.15, 0.2) is 29.2 Å². The van der Waals surface area contributed by atoms with Crippen LogP contribution < -0.4 is 5.14 Å². The van der Waals surface area contributed by atoms with Crippen molar-refractivity contribution in [3.05, 3.63) is 29.3 Å². The zero-order chi connectivity index (χ0) is 8.48. The molecule has 1 aromatic carbocycles. The molecule has 0 heterocycles. The van der Waals surface area contributed by atoms with Crippen LogP contribution in [0.1, 0.15) is 0 Å². The Kier molecular flexibility index (Phi) is 2.23. The molecule has 1 atom stereocenters. The number of benzene rings is 1. The van der Waals surface area contributed by atoms with Crippen molar-refractivity contribution in [2.24, 2.45) is 5.14 Å². The van der Waals surface area contributed by atoms with Gasteiger partial charge in [0.2, 0.25) is 0 Å².